The molecule has 1 aliphatic heterocycles. The topological polar surface area (TPSA) is 83.1 Å². The lowest BCUT2D eigenvalue weighted by Crippen LogP contribution is -2.58. The van der Waals surface area contributed by atoms with Crippen molar-refractivity contribution in [2.75, 3.05) is 47.0 Å². The summed E-state index contributed by atoms with van der Waals surface area (Å²) < 4.78 is 39.7. The summed E-state index contributed by atoms with van der Waals surface area (Å²) in [6.45, 7) is 1.81. The number of rotatable bonds is 12. The third-order valence-electron chi connectivity index (χ3n) is 7.63. The third kappa shape index (κ3) is 8.23. The number of benzene rings is 1. The van der Waals surface area contributed by atoms with Crippen LogP contribution in [0.3, 0.4) is 0 Å². The van der Waals surface area contributed by atoms with Gasteiger partial charge in [-0.2, -0.15) is 0 Å². The average Bonchev–Trinajstić information content (AvgIpc) is 2.89. The lowest BCUT2D eigenvalue weighted by atomic mass is 9.82. The number of carbonyl (C=O) groups excluding carboxylic acids is 1. The molecule has 2 amide bonds. The minimum atomic E-state index is -1.67. The quantitative estimate of drug-likeness (QED) is 0.339. The van der Waals surface area contributed by atoms with Gasteiger partial charge >= 0.3 is 6.03 Å². The van der Waals surface area contributed by atoms with Gasteiger partial charge in [-0.15, -0.1) is 0 Å². The van der Waals surface area contributed by atoms with Gasteiger partial charge in [0, 0.05) is 38.4 Å². The van der Waals surface area contributed by atoms with Gasteiger partial charge in [-0.3, -0.25) is 0 Å². The highest BCUT2D eigenvalue weighted by atomic mass is 35.5. The van der Waals surface area contributed by atoms with Crippen LogP contribution < -0.4 is 10.6 Å². The van der Waals surface area contributed by atoms with Crippen molar-refractivity contribution in [3.8, 4) is 0 Å². The average molecular weight is 546 g/mol. The van der Waals surface area contributed by atoms with Gasteiger partial charge in [-0.05, 0) is 70.4 Å². The third-order valence-corrected chi connectivity index (χ3v) is 7.92. The number of amides is 2. The molecule has 3 rings (SSSR count). The van der Waals surface area contributed by atoms with Crippen LogP contribution in [0.2, 0.25) is 5.02 Å². The van der Waals surface area contributed by atoms with Crippen molar-refractivity contribution in [3.63, 3.8) is 0 Å². The van der Waals surface area contributed by atoms with Gasteiger partial charge in [0.05, 0.1) is 18.2 Å². The summed E-state index contributed by atoms with van der Waals surface area (Å²) in [5, 5.41) is 18.0. The van der Waals surface area contributed by atoms with E-state index in [-0.39, 0.29) is 42.2 Å². The highest BCUT2D eigenvalue weighted by Gasteiger charge is 2.44. The lowest BCUT2D eigenvalue weighted by Gasteiger charge is -2.43. The maximum atomic E-state index is 15.1. The largest absolute Gasteiger partial charge is 0.385 e. The molecule has 37 heavy (non-hydrogen) atoms. The molecule has 1 aromatic rings. The van der Waals surface area contributed by atoms with E-state index in [0.29, 0.717) is 51.3 Å². The molecular weight excluding hydrogens is 504 g/mol. The van der Waals surface area contributed by atoms with Crippen molar-refractivity contribution >= 4 is 17.6 Å². The summed E-state index contributed by atoms with van der Waals surface area (Å²) >= 11 is 6.05. The first-order valence-electron chi connectivity index (χ1n) is 13.4. The first kappa shape index (κ1) is 30.0. The maximum Gasteiger partial charge on any atom is 0.317 e. The van der Waals surface area contributed by atoms with E-state index in [4.69, 9.17) is 21.1 Å². The molecule has 10 heteroatoms. The Hall–Kier alpha value is -1.52. The Labute approximate surface area is 224 Å². The standard InChI is InChI=1S/C27H42ClF2N3O4/c1-31-17-21(16-19-8-10-20(29)11-9-19)32-26(34)33-13-15-37-24(18-33)27(35,12-3-4-14-36-2)22-6-5-7-23(28)25(22)30/h5-7,19-21,24,31,35H,3-4,8-18H2,1-2H3,(H,32,34)/t19-,20-,21-,24?,27+/m0/s1. The normalized spacial score (nSPS) is 24.9. The van der Waals surface area contributed by atoms with E-state index in [9.17, 15) is 14.3 Å². The fourth-order valence-electron chi connectivity index (χ4n) is 5.54. The molecule has 1 heterocycles. The van der Waals surface area contributed by atoms with Gasteiger partial charge in [-0.1, -0.05) is 23.7 Å². The molecule has 1 unspecified atom stereocenters. The van der Waals surface area contributed by atoms with Crippen molar-refractivity contribution in [1.29, 1.82) is 0 Å². The molecule has 0 bridgehead atoms. The van der Waals surface area contributed by atoms with Gasteiger partial charge in [0.25, 0.3) is 0 Å². The van der Waals surface area contributed by atoms with Crippen LogP contribution in [-0.2, 0) is 15.1 Å². The Bertz CT molecular complexity index is 859. The van der Waals surface area contributed by atoms with E-state index in [1.54, 1.807) is 18.1 Å². The Morgan fingerprint density at radius 1 is 1.32 bits per heavy atom. The summed E-state index contributed by atoms with van der Waals surface area (Å²) in [7, 11) is 3.45. The van der Waals surface area contributed by atoms with Crippen LogP contribution in [-0.4, -0.2) is 81.4 Å². The van der Waals surface area contributed by atoms with Gasteiger partial charge in [0.2, 0.25) is 0 Å². The number of urea groups is 1. The van der Waals surface area contributed by atoms with Crippen molar-refractivity contribution in [1.82, 2.24) is 15.5 Å². The fourth-order valence-corrected chi connectivity index (χ4v) is 5.71. The molecule has 1 saturated heterocycles. The van der Waals surface area contributed by atoms with Crippen LogP contribution >= 0.6 is 11.6 Å². The van der Waals surface area contributed by atoms with Gasteiger partial charge in [0.1, 0.15) is 23.7 Å². The molecule has 3 N–H and O–H groups in total. The van der Waals surface area contributed by atoms with Crippen LogP contribution in [0.4, 0.5) is 13.6 Å². The molecule has 2 fully saturated rings. The molecular formula is C27H42ClF2N3O4. The zero-order valence-corrected chi connectivity index (χ0v) is 22.7. The molecule has 1 saturated carbocycles. The number of aliphatic hydroxyl groups is 1. The molecule has 1 aromatic carbocycles. The molecule has 0 spiro atoms. The molecule has 2 aliphatic rings. The van der Waals surface area contributed by atoms with Crippen LogP contribution in [0, 0.1) is 11.7 Å². The summed E-state index contributed by atoms with van der Waals surface area (Å²) in [4.78, 5) is 14.9. The van der Waals surface area contributed by atoms with Gasteiger partial charge in [-0.25, -0.2) is 13.6 Å². The molecule has 0 aromatic heterocycles. The lowest BCUT2D eigenvalue weighted by molar-refractivity contribution is -0.147. The highest BCUT2D eigenvalue weighted by molar-refractivity contribution is 6.30. The molecule has 210 valence electrons. The second kappa shape index (κ2) is 14.6. The first-order chi connectivity index (χ1) is 17.8. The Balaban J connectivity index is 1.70. The van der Waals surface area contributed by atoms with E-state index in [1.807, 2.05) is 7.05 Å². The van der Waals surface area contributed by atoms with Crippen molar-refractivity contribution in [3.05, 3.63) is 34.6 Å². The zero-order chi connectivity index (χ0) is 26.8. The number of nitrogens with zero attached hydrogens (tertiary/aromatic N) is 1. The second-order valence-electron chi connectivity index (χ2n) is 10.3. The Kier molecular flexibility index (Phi) is 11.8. The highest BCUT2D eigenvalue weighted by Crippen LogP contribution is 2.38. The number of unbranched alkanes of at least 4 members (excludes halogenated alkanes) is 1. The number of hydrogen-bond acceptors (Lipinski definition) is 5. The smallest absolute Gasteiger partial charge is 0.317 e. The Morgan fingerprint density at radius 3 is 2.78 bits per heavy atom. The van der Waals surface area contributed by atoms with E-state index in [1.165, 1.54) is 12.1 Å². The number of ether oxygens (including phenoxy) is 2. The van der Waals surface area contributed by atoms with E-state index < -0.39 is 23.7 Å². The molecule has 1 aliphatic carbocycles. The summed E-state index contributed by atoms with van der Waals surface area (Å²) in [5.41, 5.74) is -1.60. The first-order valence-corrected chi connectivity index (χ1v) is 13.8. The number of likely N-dealkylation sites (N-methyl/N-ethyl adjacent to an activating group) is 1. The summed E-state index contributed by atoms with van der Waals surface area (Å²) in [6, 6.07) is 4.22. The number of morpholine rings is 1. The SMILES string of the molecule is CNC[C@H](C[C@H]1CC[C@H](F)CC1)NC(=O)N1CCOC([C@@](O)(CCCCOC)c2cccc(Cl)c2F)C1. The van der Waals surface area contributed by atoms with E-state index in [0.717, 1.165) is 19.3 Å². The van der Waals surface area contributed by atoms with Crippen LogP contribution in [0.25, 0.3) is 0 Å². The monoisotopic (exact) mass is 545 g/mol. The predicted octanol–water partition coefficient (Wildman–Crippen LogP) is 4.40. The van der Waals surface area contributed by atoms with Crippen molar-refractivity contribution in [2.24, 2.45) is 5.92 Å². The van der Waals surface area contributed by atoms with E-state index >= 15 is 4.39 Å². The van der Waals surface area contributed by atoms with Crippen molar-refractivity contribution < 1.29 is 28.2 Å². The summed E-state index contributed by atoms with van der Waals surface area (Å²) in [5.74, 6) is -0.299. The molecule has 3 atom stereocenters. The Morgan fingerprint density at radius 2 is 2.08 bits per heavy atom. The second-order valence-corrected chi connectivity index (χ2v) is 10.7. The molecule has 0 radical (unpaired) electrons. The van der Waals surface area contributed by atoms with Crippen molar-refractivity contribution in [2.45, 2.75) is 75.3 Å². The van der Waals surface area contributed by atoms with E-state index in [2.05, 4.69) is 10.6 Å². The number of carbonyl (C=O) groups is 1. The van der Waals surface area contributed by atoms with Gasteiger partial charge < -0.3 is 30.1 Å². The number of hydrogen-bond donors (Lipinski definition) is 3. The van der Waals surface area contributed by atoms with Gasteiger partial charge in [0.15, 0.2) is 0 Å². The fraction of sp³-hybridized carbons (Fsp3) is 0.741. The minimum absolute atomic E-state index is 0.0706. The van der Waals surface area contributed by atoms with Crippen LogP contribution in [0.1, 0.15) is 56.9 Å². The number of nitrogens with one attached hydrogen (secondary N) is 2. The van der Waals surface area contributed by atoms with Crippen LogP contribution in [0.15, 0.2) is 18.2 Å². The predicted molar refractivity (Wildman–Crippen MR) is 140 cm³/mol. The van der Waals surface area contributed by atoms with Crippen LogP contribution in [0.5, 0.6) is 0 Å². The number of methoxy groups -OCH3 is 1. The molecule has 7 nitrogen and oxygen atoms in total. The summed E-state index contributed by atoms with van der Waals surface area (Å²) in [6.07, 6.45) is 3.56. The zero-order valence-electron chi connectivity index (χ0n) is 22.0. The number of halogens is 3. The minimum Gasteiger partial charge on any atom is -0.385 e. The maximum absolute atomic E-state index is 15.1. The number of alkyl halides is 1.